The van der Waals surface area contributed by atoms with Gasteiger partial charge in [0.15, 0.2) is 0 Å². The van der Waals surface area contributed by atoms with Gasteiger partial charge in [-0.05, 0) is 75.9 Å². The van der Waals surface area contributed by atoms with E-state index in [4.69, 9.17) is 0 Å². The van der Waals surface area contributed by atoms with Gasteiger partial charge in [0, 0.05) is 12.1 Å². The van der Waals surface area contributed by atoms with Gasteiger partial charge < -0.3 is 0 Å². The number of alkyl halides is 24. The van der Waals surface area contributed by atoms with Crippen LogP contribution < -0.4 is 32.0 Å². The van der Waals surface area contributed by atoms with Crippen LogP contribution in [0.15, 0.2) is 72.8 Å². The SMILES string of the molecule is CC(C)P(N[C@@H]1CCCC[C@H]1NP(C(C)C)C(C)C)C(C)C.Cc1c(C)c(C)[c-](C)c1C.FC(F)(F)c1cc([B-](c2cc(C(F)(F)F)cc(C(F)(F)F)c2)(c2cc(C(F)(F)F)cc(C(F)(F)F)c2)c2cc(C(F)(F)F)cc(C(F)(F)F)c2)cc(C(F)(F)F)c1.[Ru+2]. The van der Waals surface area contributed by atoms with Crippen molar-refractivity contribution >= 4 is 44.1 Å². The number of hydrogen-bond acceptors (Lipinski definition) is 2. The molecule has 0 radical (unpaired) electrons. The summed E-state index contributed by atoms with van der Waals surface area (Å²) in [6.07, 6.45) is -49.3. The van der Waals surface area contributed by atoms with Gasteiger partial charge in [-0.1, -0.05) is 151 Å². The zero-order valence-corrected chi connectivity index (χ0v) is 54.1. The van der Waals surface area contributed by atoms with E-state index in [9.17, 15) is 105 Å². The van der Waals surface area contributed by atoms with Gasteiger partial charge in [0.1, 0.15) is 6.15 Å². The molecule has 5 aromatic rings. The van der Waals surface area contributed by atoms with Crippen LogP contribution in [0, 0.1) is 34.6 Å². The standard InChI is InChI=1S/C32H12BF24.C18H40N2P2.C10H15.Ru/c34-25(35,36)13-1-14(26(37,38)39)6-21(5-13)33(22-7-15(27(40,41)42)2-16(8-22)28(43,44)45,23-9-17(29(46,47)48)3-18(10-23)30(49,50)51)24-11-19(31(52,53)54)4-20(12-24)32(55,56)57;1-13(2)21(14(3)4)19-17-11-9-10-12-18(17)20-22(15(5)6)16(7)8;1-6-7(2)9(4)10(5)8(6)3;/h1-12H;13-20H,9-12H2,1-8H3;1-5H3;/q-1;;-1;+2/t;17-,18-;;/m.1../s1. The molecule has 0 bridgehead atoms. The van der Waals surface area contributed by atoms with Crippen molar-refractivity contribution in [3.05, 3.63) is 145 Å². The minimum absolute atomic E-state index is 0. The Balaban J connectivity index is 0.000000521. The molecular formula is C60H67BF24N2P2Ru. The molecule has 0 heterocycles. The topological polar surface area (TPSA) is 24.1 Å². The Bertz CT molecular complexity index is 2640. The summed E-state index contributed by atoms with van der Waals surface area (Å²) in [6, 6.07) is -7.44. The molecule has 5 aromatic carbocycles. The van der Waals surface area contributed by atoms with Crippen LogP contribution in [-0.4, -0.2) is 40.9 Å². The van der Waals surface area contributed by atoms with Crippen LogP contribution in [0.5, 0.6) is 0 Å². The molecule has 2 atom stereocenters. The van der Waals surface area contributed by atoms with Gasteiger partial charge >= 0.3 is 68.9 Å². The second-order valence-electron chi connectivity index (χ2n) is 23.3. The first-order valence-electron chi connectivity index (χ1n) is 27.7. The average molecular weight is 1450 g/mol. The van der Waals surface area contributed by atoms with Crippen molar-refractivity contribution in [2.75, 3.05) is 0 Å². The smallest absolute Gasteiger partial charge is 0.291 e. The minimum atomic E-state index is -6.13. The molecule has 0 saturated heterocycles. The van der Waals surface area contributed by atoms with E-state index in [2.05, 4.69) is 100 Å². The molecule has 1 fully saturated rings. The van der Waals surface area contributed by atoms with Crippen molar-refractivity contribution < 1.29 is 125 Å². The first-order chi connectivity index (χ1) is 40.1. The van der Waals surface area contributed by atoms with Crippen molar-refractivity contribution in [2.45, 2.75) is 200 Å². The Kier molecular flexibility index (Phi) is 26.2. The van der Waals surface area contributed by atoms with Crippen molar-refractivity contribution in [3.63, 3.8) is 0 Å². The van der Waals surface area contributed by atoms with E-state index >= 15 is 0 Å². The maximum absolute atomic E-state index is 14.2. The quantitative estimate of drug-likeness (QED) is 0.0563. The van der Waals surface area contributed by atoms with Crippen LogP contribution in [0.3, 0.4) is 0 Å². The Morgan fingerprint density at radius 3 is 0.633 bits per heavy atom. The first kappa shape index (κ1) is 80.3. The van der Waals surface area contributed by atoms with Gasteiger partial charge in [0.2, 0.25) is 0 Å². The fourth-order valence-corrected chi connectivity index (χ4v) is 16.1. The van der Waals surface area contributed by atoms with Crippen molar-refractivity contribution in [3.8, 4) is 0 Å². The Labute approximate surface area is 522 Å². The summed E-state index contributed by atoms with van der Waals surface area (Å²) in [5.41, 5.74) is -19.8. The normalized spacial score (nSPS) is 16.0. The molecule has 6 rings (SSSR count). The molecule has 506 valence electrons. The number of hydrogen-bond donors (Lipinski definition) is 2. The molecule has 0 unspecified atom stereocenters. The summed E-state index contributed by atoms with van der Waals surface area (Å²) in [7, 11) is -0.133. The first-order valence-corrected chi connectivity index (χ1v) is 30.7. The van der Waals surface area contributed by atoms with Gasteiger partial charge in [0.05, 0.1) is 44.5 Å². The molecule has 2 N–H and O–H groups in total. The summed E-state index contributed by atoms with van der Waals surface area (Å²) >= 11 is 0. The molecule has 1 saturated carbocycles. The number of rotatable bonds is 12. The molecule has 0 aromatic heterocycles. The average Bonchev–Trinajstić information content (AvgIpc) is 0.816. The molecule has 1 aliphatic rings. The van der Waals surface area contributed by atoms with E-state index in [0.29, 0.717) is 12.1 Å². The molecule has 1 aliphatic carbocycles. The third kappa shape index (κ3) is 19.8. The van der Waals surface area contributed by atoms with E-state index < -0.39 is 195 Å². The zero-order valence-electron chi connectivity index (χ0n) is 50.6. The fraction of sp³-hybridized carbons (Fsp3) is 0.517. The Morgan fingerprint density at radius 2 is 0.511 bits per heavy atom. The number of nitrogens with one attached hydrogen (secondary N) is 2. The van der Waals surface area contributed by atoms with Gasteiger partial charge in [-0.2, -0.15) is 155 Å². The summed E-state index contributed by atoms with van der Waals surface area (Å²) in [4.78, 5) is 0. The van der Waals surface area contributed by atoms with Crippen LogP contribution in [0.25, 0.3) is 0 Å². The van der Waals surface area contributed by atoms with Crippen LogP contribution >= 0.6 is 16.1 Å². The second kappa shape index (κ2) is 29.3. The Morgan fingerprint density at radius 1 is 0.344 bits per heavy atom. The van der Waals surface area contributed by atoms with Crippen LogP contribution in [-0.2, 0) is 68.9 Å². The van der Waals surface area contributed by atoms with E-state index in [-0.39, 0.29) is 35.6 Å². The van der Waals surface area contributed by atoms with Crippen LogP contribution in [0.4, 0.5) is 105 Å². The second-order valence-corrected chi connectivity index (χ2v) is 29.6. The molecule has 90 heavy (non-hydrogen) atoms. The molecular weight excluding hydrogens is 1380 g/mol. The van der Waals surface area contributed by atoms with Crippen molar-refractivity contribution in [2.24, 2.45) is 0 Å². The van der Waals surface area contributed by atoms with Gasteiger partial charge in [0.25, 0.3) is 0 Å². The maximum Gasteiger partial charge on any atom is 2.00 e. The molecule has 0 aliphatic heterocycles. The fourth-order valence-electron chi connectivity index (χ4n) is 11.1. The summed E-state index contributed by atoms with van der Waals surface area (Å²) in [6.45, 7) is 30.1. The van der Waals surface area contributed by atoms with Gasteiger partial charge in [-0.25, -0.2) is 0 Å². The third-order valence-corrected chi connectivity index (χ3v) is 21.6. The minimum Gasteiger partial charge on any atom is -0.291 e. The molecule has 0 amide bonds. The van der Waals surface area contributed by atoms with Crippen LogP contribution in [0.2, 0.25) is 0 Å². The van der Waals surface area contributed by atoms with Crippen LogP contribution in [0.1, 0.15) is 153 Å². The third-order valence-electron chi connectivity index (χ3n) is 15.9. The number of benzene rings is 4. The summed E-state index contributed by atoms with van der Waals surface area (Å²) < 4.78 is 341. The summed E-state index contributed by atoms with van der Waals surface area (Å²) in [5, 5.41) is 8.20. The largest absolute Gasteiger partial charge is 2.00 e. The van der Waals surface area contributed by atoms with E-state index in [1.807, 2.05) is 0 Å². The van der Waals surface area contributed by atoms with E-state index in [1.54, 1.807) is 0 Å². The molecule has 0 spiro atoms. The van der Waals surface area contributed by atoms with Gasteiger partial charge in [-0.3, -0.25) is 10.2 Å². The van der Waals surface area contributed by atoms with Crippen molar-refractivity contribution in [1.29, 1.82) is 0 Å². The number of halogens is 24. The Hall–Kier alpha value is -3.98. The summed E-state index contributed by atoms with van der Waals surface area (Å²) in [5.74, 6) is 0. The molecule has 30 heteroatoms. The molecule has 2 nitrogen and oxygen atoms in total. The zero-order chi connectivity index (χ0) is 68.7. The van der Waals surface area contributed by atoms with E-state index in [0.717, 1.165) is 22.6 Å². The predicted molar refractivity (Wildman–Crippen MR) is 302 cm³/mol. The van der Waals surface area contributed by atoms with E-state index in [1.165, 1.54) is 53.5 Å². The van der Waals surface area contributed by atoms with Gasteiger partial charge in [-0.15, -0.1) is 0 Å². The maximum atomic E-state index is 14.2. The van der Waals surface area contributed by atoms with Crippen molar-refractivity contribution in [1.82, 2.24) is 10.2 Å². The predicted octanol–water partition coefficient (Wildman–Crippen LogP) is 20.1. The monoisotopic (exact) mass is 1450 g/mol.